The predicted octanol–water partition coefficient (Wildman–Crippen LogP) is 3.90. The van der Waals surface area contributed by atoms with Crippen LogP contribution in [0, 0.1) is 25.5 Å². The molecule has 0 aliphatic carbocycles. The molecule has 1 amide bonds. The zero-order valence-electron chi connectivity index (χ0n) is 14.2. The van der Waals surface area contributed by atoms with E-state index in [-0.39, 0.29) is 5.56 Å². The van der Waals surface area contributed by atoms with E-state index >= 15 is 0 Å². The van der Waals surface area contributed by atoms with Crippen molar-refractivity contribution >= 4 is 11.9 Å². The van der Waals surface area contributed by atoms with Gasteiger partial charge in [0.25, 0.3) is 0 Å². The highest BCUT2D eigenvalue weighted by atomic mass is 19.2. The van der Waals surface area contributed by atoms with Crippen LogP contribution in [0.15, 0.2) is 30.3 Å². The van der Waals surface area contributed by atoms with Gasteiger partial charge in [0, 0.05) is 12.5 Å². The molecule has 0 radical (unpaired) electrons. The monoisotopic (exact) mass is 347 g/mol. The lowest BCUT2D eigenvalue weighted by molar-refractivity contribution is -0.137. The number of carbonyl (C=O) groups is 2. The molecule has 2 aromatic rings. The molecule has 1 atom stereocenters. The number of benzene rings is 2. The number of aryl methyl sites for hydroxylation is 2. The average Bonchev–Trinajstić information content (AvgIpc) is 2.48. The van der Waals surface area contributed by atoms with Gasteiger partial charge in [0.15, 0.2) is 11.6 Å². The summed E-state index contributed by atoms with van der Waals surface area (Å²) in [6.45, 7) is 4.90. The van der Waals surface area contributed by atoms with Crippen molar-refractivity contribution < 1.29 is 23.5 Å². The zero-order chi connectivity index (χ0) is 18.7. The van der Waals surface area contributed by atoms with E-state index in [2.05, 4.69) is 5.32 Å². The van der Waals surface area contributed by atoms with Gasteiger partial charge in [-0.15, -0.1) is 0 Å². The summed E-state index contributed by atoms with van der Waals surface area (Å²) in [6, 6.07) is 6.89. The van der Waals surface area contributed by atoms with Gasteiger partial charge in [-0.05, 0) is 48.2 Å². The smallest absolute Gasteiger partial charge is 0.305 e. The summed E-state index contributed by atoms with van der Waals surface area (Å²) in [5.41, 5.74) is 2.76. The van der Waals surface area contributed by atoms with Gasteiger partial charge < -0.3 is 10.4 Å². The van der Waals surface area contributed by atoms with Crippen molar-refractivity contribution in [3.05, 3.63) is 58.7 Å². The van der Waals surface area contributed by atoms with Crippen LogP contribution in [0.4, 0.5) is 8.78 Å². The maximum atomic E-state index is 14.3. The van der Waals surface area contributed by atoms with E-state index in [0.29, 0.717) is 5.56 Å². The number of carboxylic acid groups (broad SMARTS) is 1. The van der Waals surface area contributed by atoms with Gasteiger partial charge >= 0.3 is 5.97 Å². The number of nitrogens with one attached hydrogen (secondary N) is 1. The first kappa shape index (κ1) is 18.6. The Morgan fingerprint density at radius 1 is 1.16 bits per heavy atom. The van der Waals surface area contributed by atoms with Gasteiger partial charge in [0.1, 0.15) is 0 Å². The molecule has 0 aliphatic heterocycles. The Kier molecular flexibility index (Phi) is 5.51. The fourth-order valence-corrected chi connectivity index (χ4v) is 2.94. The van der Waals surface area contributed by atoms with Crippen LogP contribution in [0.2, 0.25) is 0 Å². The largest absolute Gasteiger partial charge is 0.481 e. The molecule has 6 heteroatoms. The van der Waals surface area contributed by atoms with E-state index in [1.807, 2.05) is 32.0 Å². The van der Waals surface area contributed by atoms with Crippen LogP contribution in [-0.2, 0) is 9.59 Å². The SMILES string of the molecule is CC(=O)NC(CC(=O)O)c1cc(-c2c(C)cccc2C)cc(F)c1F. The van der Waals surface area contributed by atoms with Gasteiger partial charge in [0.05, 0.1) is 12.5 Å². The Balaban J connectivity index is 2.64. The molecular formula is C19H19F2NO3. The molecule has 132 valence electrons. The summed E-state index contributed by atoms with van der Waals surface area (Å²) in [7, 11) is 0. The van der Waals surface area contributed by atoms with Gasteiger partial charge in [-0.1, -0.05) is 18.2 Å². The Hall–Kier alpha value is -2.76. The Labute approximate surface area is 144 Å². The summed E-state index contributed by atoms with van der Waals surface area (Å²) >= 11 is 0. The summed E-state index contributed by atoms with van der Waals surface area (Å²) in [5.74, 6) is -3.99. The summed E-state index contributed by atoms with van der Waals surface area (Å²) in [5, 5.41) is 11.4. The second kappa shape index (κ2) is 7.42. The molecule has 1 unspecified atom stereocenters. The first-order valence-corrected chi connectivity index (χ1v) is 7.75. The van der Waals surface area contributed by atoms with Crippen LogP contribution in [0.3, 0.4) is 0 Å². The number of carboxylic acids is 1. The lowest BCUT2D eigenvalue weighted by atomic mass is 9.92. The minimum atomic E-state index is -1.23. The predicted molar refractivity (Wildman–Crippen MR) is 90.1 cm³/mol. The molecule has 2 rings (SSSR count). The molecule has 2 N–H and O–H groups in total. The highest BCUT2D eigenvalue weighted by Crippen LogP contribution is 2.32. The number of hydrogen-bond acceptors (Lipinski definition) is 2. The van der Waals surface area contributed by atoms with Gasteiger partial charge in [0.2, 0.25) is 5.91 Å². The fraction of sp³-hybridized carbons (Fsp3) is 0.263. The molecular weight excluding hydrogens is 328 g/mol. The number of rotatable bonds is 5. The molecule has 0 saturated heterocycles. The minimum absolute atomic E-state index is 0.185. The number of carbonyl (C=O) groups excluding carboxylic acids is 1. The topological polar surface area (TPSA) is 66.4 Å². The second-order valence-corrected chi connectivity index (χ2v) is 5.98. The minimum Gasteiger partial charge on any atom is -0.481 e. The molecule has 4 nitrogen and oxygen atoms in total. The average molecular weight is 347 g/mol. The Bertz CT molecular complexity index is 797. The molecule has 0 saturated carbocycles. The van der Waals surface area contributed by atoms with E-state index in [1.165, 1.54) is 13.0 Å². The third-order valence-corrected chi connectivity index (χ3v) is 3.96. The van der Waals surface area contributed by atoms with Crippen LogP contribution in [-0.4, -0.2) is 17.0 Å². The van der Waals surface area contributed by atoms with Crippen LogP contribution in [0.1, 0.15) is 36.1 Å². The summed E-state index contributed by atoms with van der Waals surface area (Å²) < 4.78 is 28.5. The maximum absolute atomic E-state index is 14.3. The van der Waals surface area contributed by atoms with Crippen LogP contribution < -0.4 is 5.32 Å². The Morgan fingerprint density at radius 2 is 1.76 bits per heavy atom. The van der Waals surface area contributed by atoms with Gasteiger partial charge in [-0.25, -0.2) is 8.78 Å². The highest BCUT2D eigenvalue weighted by Gasteiger charge is 2.24. The third-order valence-electron chi connectivity index (χ3n) is 3.96. The van der Waals surface area contributed by atoms with Crippen molar-refractivity contribution in [1.82, 2.24) is 5.32 Å². The molecule has 25 heavy (non-hydrogen) atoms. The zero-order valence-corrected chi connectivity index (χ0v) is 14.2. The normalized spacial score (nSPS) is 11.9. The second-order valence-electron chi connectivity index (χ2n) is 5.98. The summed E-state index contributed by atoms with van der Waals surface area (Å²) in [6.07, 6.45) is -0.549. The lowest BCUT2D eigenvalue weighted by Gasteiger charge is -2.19. The molecule has 0 fully saturated rings. The first-order chi connectivity index (χ1) is 11.7. The molecule has 0 heterocycles. The number of aliphatic carboxylic acids is 1. The molecule has 0 spiro atoms. The van der Waals surface area contributed by atoms with Crippen molar-refractivity contribution in [3.8, 4) is 11.1 Å². The van der Waals surface area contributed by atoms with Crippen molar-refractivity contribution in [2.45, 2.75) is 33.2 Å². The van der Waals surface area contributed by atoms with Crippen LogP contribution in [0.25, 0.3) is 11.1 Å². The van der Waals surface area contributed by atoms with Gasteiger partial charge in [-0.3, -0.25) is 9.59 Å². The van der Waals surface area contributed by atoms with Gasteiger partial charge in [-0.2, -0.15) is 0 Å². The van der Waals surface area contributed by atoms with Crippen molar-refractivity contribution in [3.63, 3.8) is 0 Å². The van der Waals surface area contributed by atoms with Crippen molar-refractivity contribution in [1.29, 1.82) is 0 Å². The van der Waals surface area contributed by atoms with Crippen molar-refractivity contribution in [2.75, 3.05) is 0 Å². The van der Waals surface area contributed by atoms with E-state index in [0.717, 1.165) is 22.8 Å². The van der Waals surface area contributed by atoms with Crippen molar-refractivity contribution in [2.24, 2.45) is 0 Å². The van der Waals surface area contributed by atoms with Crippen LogP contribution >= 0.6 is 0 Å². The quantitative estimate of drug-likeness (QED) is 0.862. The molecule has 0 bridgehead atoms. The number of hydrogen-bond donors (Lipinski definition) is 2. The number of amides is 1. The maximum Gasteiger partial charge on any atom is 0.305 e. The standard InChI is InChI=1S/C19H19F2NO3/c1-10-5-4-6-11(2)18(10)13-7-14(19(21)15(20)8-13)16(9-17(24)25)22-12(3)23/h4-8,16H,9H2,1-3H3,(H,22,23)(H,24,25). The van der Waals surface area contributed by atoms with Crippen LogP contribution in [0.5, 0.6) is 0 Å². The first-order valence-electron chi connectivity index (χ1n) is 7.75. The Morgan fingerprint density at radius 3 is 2.28 bits per heavy atom. The van der Waals surface area contributed by atoms with E-state index < -0.39 is 36.0 Å². The lowest BCUT2D eigenvalue weighted by Crippen LogP contribution is -2.29. The van der Waals surface area contributed by atoms with E-state index in [9.17, 15) is 18.4 Å². The third kappa shape index (κ3) is 4.21. The van der Waals surface area contributed by atoms with E-state index in [1.54, 1.807) is 0 Å². The molecule has 0 aliphatic rings. The number of halogens is 2. The fourth-order valence-electron chi connectivity index (χ4n) is 2.94. The molecule has 0 aromatic heterocycles. The van der Waals surface area contributed by atoms with E-state index in [4.69, 9.17) is 5.11 Å². The summed E-state index contributed by atoms with van der Waals surface area (Å²) in [4.78, 5) is 22.4. The molecule has 2 aromatic carbocycles. The highest BCUT2D eigenvalue weighted by molar-refractivity contribution is 5.76.